The standard InChI is InChI=1S/C39H48N10O6/c40-35(52)29-11-5-17-43-33(50)15-16-34(51)46-31(20-23-13-14-24-7-1-2-8-25(24)19-23)37(54)48-30(12-6-18-44-39(41)42)36(53)49-32(38(55)47-29)21-26-22-45-28-10-4-3-9-27(26)28/h1-4,7-10,13-14,19,22,29-32,45H,5-6,11-12,15-18,20-21H2,(H2,40,52)(H,43,50)(H,46,51)(H,47,55)(H,48,54)(H,49,53)(H4,41,42,44)/t29-,30-,31+,32-/m0/s1. The Labute approximate surface area is 317 Å². The molecule has 12 N–H and O–H groups in total. The first kappa shape index (κ1) is 39.8. The van der Waals surface area contributed by atoms with Gasteiger partial charge in [0.2, 0.25) is 35.4 Å². The Bertz CT molecular complexity index is 2060. The predicted molar refractivity (Wildman–Crippen MR) is 208 cm³/mol. The lowest BCUT2D eigenvalue weighted by atomic mass is 10.00. The molecule has 0 bridgehead atoms. The van der Waals surface area contributed by atoms with E-state index in [2.05, 4.69) is 36.6 Å². The number of primary amides is 1. The van der Waals surface area contributed by atoms with Crippen molar-refractivity contribution in [1.82, 2.24) is 31.6 Å². The van der Waals surface area contributed by atoms with Gasteiger partial charge in [-0.25, -0.2) is 0 Å². The maximum atomic E-state index is 14.2. The number of aliphatic imine (C=N–C) groups is 1. The Hall–Kier alpha value is -6.45. The van der Waals surface area contributed by atoms with Crippen LogP contribution in [0.25, 0.3) is 21.7 Å². The average Bonchev–Trinajstić information content (AvgIpc) is 3.57. The van der Waals surface area contributed by atoms with Gasteiger partial charge in [-0.15, -0.1) is 0 Å². The number of carbonyl (C=O) groups is 6. The number of carbonyl (C=O) groups excluding carboxylic acids is 6. The average molecular weight is 753 g/mol. The van der Waals surface area contributed by atoms with E-state index in [1.807, 2.05) is 66.7 Å². The van der Waals surface area contributed by atoms with E-state index in [9.17, 15) is 28.8 Å². The van der Waals surface area contributed by atoms with E-state index in [1.165, 1.54) is 0 Å². The van der Waals surface area contributed by atoms with Gasteiger partial charge in [0.05, 0.1) is 0 Å². The first-order chi connectivity index (χ1) is 26.5. The molecule has 5 rings (SSSR count). The molecular formula is C39H48N10O6. The summed E-state index contributed by atoms with van der Waals surface area (Å²) in [6, 6.07) is 16.2. The molecule has 55 heavy (non-hydrogen) atoms. The van der Waals surface area contributed by atoms with Crippen LogP contribution in [0.3, 0.4) is 0 Å². The number of rotatable bonds is 9. The number of nitrogens with one attached hydrogen (secondary N) is 6. The summed E-state index contributed by atoms with van der Waals surface area (Å²) >= 11 is 0. The summed E-state index contributed by atoms with van der Waals surface area (Å²) < 4.78 is 0. The van der Waals surface area contributed by atoms with E-state index < -0.39 is 59.6 Å². The number of hydrogen-bond donors (Lipinski definition) is 9. The number of aromatic nitrogens is 1. The van der Waals surface area contributed by atoms with Crippen LogP contribution in [0.5, 0.6) is 0 Å². The van der Waals surface area contributed by atoms with Crippen molar-refractivity contribution in [2.24, 2.45) is 22.2 Å². The fourth-order valence-corrected chi connectivity index (χ4v) is 6.53. The molecule has 0 aliphatic carbocycles. The number of para-hydroxylation sites is 1. The Kier molecular flexibility index (Phi) is 13.8. The fourth-order valence-electron chi connectivity index (χ4n) is 6.53. The maximum Gasteiger partial charge on any atom is 0.243 e. The molecule has 0 saturated carbocycles. The SMILES string of the molecule is NC(=O)[C@@H]1CCCNC(=O)CCC(=O)N[C@H](Cc2ccc3ccccc3c2)C(=O)N[C@@H](CCCN=C(N)N)C(=O)N[C@@H](Cc2c[nH]c3ccccc23)C(=O)N1. The number of nitrogens with two attached hydrogens (primary N) is 3. The van der Waals surface area contributed by atoms with Crippen LogP contribution in [0, 0.1) is 0 Å². The van der Waals surface area contributed by atoms with Crippen molar-refractivity contribution in [2.75, 3.05) is 13.1 Å². The first-order valence-corrected chi connectivity index (χ1v) is 18.3. The zero-order valence-corrected chi connectivity index (χ0v) is 30.4. The van der Waals surface area contributed by atoms with Gasteiger partial charge >= 0.3 is 0 Å². The Balaban J connectivity index is 1.47. The third-order valence-corrected chi connectivity index (χ3v) is 9.45. The molecule has 1 aromatic heterocycles. The smallest absolute Gasteiger partial charge is 0.243 e. The summed E-state index contributed by atoms with van der Waals surface area (Å²) in [6.45, 7) is 0.310. The summed E-state index contributed by atoms with van der Waals surface area (Å²) in [4.78, 5) is 87.6. The molecule has 16 nitrogen and oxygen atoms in total. The largest absolute Gasteiger partial charge is 0.370 e. The van der Waals surface area contributed by atoms with Crippen LogP contribution in [0.1, 0.15) is 49.7 Å². The summed E-state index contributed by atoms with van der Waals surface area (Å²) in [6.07, 6.45) is 2.22. The lowest BCUT2D eigenvalue weighted by molar-refractivity contribution is -0.134. The molecule has 16 heteroatoms. The Morgan fingerprint density at radius 2 is 1.40 bits per heavy atom. The Morgan fingerprint density at radius 1 is 0.727 bits per heavy atom. The number of aromatic amines is 1. The predicted octanol–water partition coefficient (Wildman–Crippen LogP) is 0.275. The Morgan fingerprint density at radius 3 is 2.18 bits per heavy atom. The summed E-state index contributed by atoms with van der Waals surface area (Å²) in [5.74, 6) is -3.88. The van der Waals surface area contributed by atoms with Crippen LogP contribution in [0.15, 0.2) is 77.9 Å². The monoisotopic (exact) mass is 752 g/mol. The number of nitrogens with zero attached hydrogens (tertiary/aromatic N) is 1. The lowest BCUT2D eigenvalue weighted by Crippen LogP contribution is -2.58. The van der Waals surface area contributed by atoms with Crippen LogP contribution in [-0.4, -0.2) is 83.6 Å². The molecule has 4 atom stereocenters. The lowest BCUT2D eigenvalue weighted by Gasteiger charge is -2.26. The number of H-pyrrole nitrogens is 1. The highest BCUT2D eigenvalue weighted by atomic mass is 16.2. The minimum atomic E-state index is -1.21. The number of fused-ring (bicyclic) bond motifs is 2. The highest BCUT2D eigenvalue weighted by Crippen LogP contribution is 2.20. The van der Waals surface area contributed by atoms with Crippen LogP contribution in [-0.2, 0) is 41.6 Å². The van der Waals surface area contributed by atoms with Crippen LogP contribution < -0.4 is 43.8 Å². The molecule has 1 aliphatic rings. The van der Waals surface area contributed by atoms with Crippen molar-refractivity contribution >= 4 is 63.1 Å². The summed E-state index contributed by atoms with van der Waals surface area (Å²) in [5, 5.41) is 16.5. The molecule has 0 unspecified atom stereocenters. The first-order valence-electron chi connectivity index (χ1n) is 18.3. The quantitative estimate of drug-likeness (QED) is 0.0649. The van der Waals surface area contributed by atoms with Gasteiger partial charge in [0.1, 0.15) is 24.2 Å². The molecule has 0 spiro atoms. The van der Waals surface area contributed by atoms with Gasteiger partial charge in [-0.3, -0.25) is 33.8 Å². The van der Waals surface area contributed by atoms with Crippen molar-refractivity contribution in [1.29, 1.82) is 0 Å². The molecule has 3 aromatic carbocycles. The zero-order chi connectivity index (χ0) is 39.3. The van der Waals surface area contributed by atoms with Crippen molar-refractivity contribution in [3.05, 3.63) is 84.1 Å². The second-order valence-electron chi connectivity index (χ2n) is 13.6. The van der Waals surface area contributed by atoms with Gasteiger partial charge in [-0.1, -0.05) is 60.7 Å². The molecule has 1 fully saturated rings. The fraction of sp³-hybridized carbons (Fsp3) is 0.359. The minimum absolute atomic E-state index is 0.0262. The third kappa shape index (κ3) is 11.5. The van der Waals surface area contributed by atoms with E-state index in [4.69, 9.17) is 17.2 Å². The summed E-state index contributed by atoms with van der Waals surface area (Å²) in [7, 11) is 0. The van der Waals surface area contributed by atoms with E-state index in [0.29, 0.717) is 0 Å². The molecule has 0 radical (unpaired) electrons. The molecule has 4 aromatic rings. The van der Waals surface area contributed by atoms with Crippen molar-refractivity contribution in [3.63, 3.8) is 0 Å². The van der Waals surface area contributed by atoms with Crippen molar-refractivity contribution < 1.29 is 28.8 Å². The van der Waals surface area contributed by atoms with Gasteiger partial charge in [-0.2, -0.15) is 0 Å². The van der Waals surface area contributed by atoms with Crippen LogP contribution in [0.4, 0.5) is 0 Å². The highest BCUT2D eigenvalue weighted by Gasteiger charge is 2.32. The topological polar surface area (TPSA) is 269 Å². The molecule has 2 heterocycles. The number of benzene rings is 3. The second-order valence-corrected chi connectivity index (χ2v) is 13.6. The zero-order valence-electron chi connectivity index (χ0n) is 30.4. The molecular weight excluding hydrogens is 704 g/mol. The van der Waals surface area contributed by atoms with E-state index in [1.54, 1.807) is 6.20 Å². The summed E-state index contributed by atoms with van der Waals surface area (Å²) in [5.41, 5.74) is 19.0. The molecule has 290 valence electrons. The van der Waals surface area contributed by atoms with E-state index in [-0.39, 0.29) is 70.4 Å². The normalized spacial score (nSPS) is 20.8. The van der Waals surface area contributed by atoms with Gasteiger partial charge in [-0.05, 0) is 53.6 Å². The maximum absolute atomic E-state index is 14.2. The van der Waals surface area contributed by atoms with Gasteiger partial charge in [0.25, 0.3) is 0 Å². The van der Waals surface area contributed by atoms with Gasteiger partial charge in [0.15, 0.2) is 5.96 Å². The van der Waals surface area contributed by atoms with Crippen LogP contribution in [0.2, 0.25) is 0 Å². The van der Waals surface area contributed by atoms with Crippen LogP contribution >= 0.6 is 0 Å². The van der Waals surface area contributed by atoms with E-state index >= 15 is 0 Å². The second kappa shape index (κ2) is 19.0. The molecule has 6 amide bonds. The van der Waals surface area contributed by atoms with Gasteiger partial charge in [0, 0.05) is 55.9 Å². The molecule has 1 saturated heterocycles. The van der Waals surface area contributed by atoms with E-state index in [0.717, 1.165) is 32.8 Å². The highest BCUT2D eigenvalue weighted by molar-refractivity contribution is 5.96. The minimum Gasteiger partial charge on any atom is -0.370 e. The molecule has 1 aliphatic heterocycles. The number of guanidine groups is 1. The number of hydrogen-bond acceptors (Lipinski definition) is 7. The van der Waals surface area contributed by atoms with Crippen molar-refractivity contribution in [3.8, 4) is 0 Å². The van der Waals surface area contributed by atoms with Crippen molar-refractivity contribution in [2.45, 2.75) is 75.5 Å². The third-order valence-electron chi connectivity index (χ3n) is 9.45. The van der Waals surface area contributed by atoms with Gasteiger partial charge < -0.3 is 48.8 Å². The number of amides is 6.